The van der Waals surface area contributed by atoms with Gasteiger partial charge in [0.05, 0.1) is 11.1 Å². The van der Waals surface area contributed by atoms with Gasteiger partial charge in [0.2, 0.25) is 0 Å². The van der Waals surface area contributed by atoms with Crippen LogP contribution in [-0.2, 0) is 6.18 Å². The molecule has 24 heavy (non-hydrogen) atoms. The highest BCUT2D eigenvalue weighted by molar-refractivity contribution is 5.94. The zero-order valence-electron chi connectivity index (χ0n) is 13.0. The van der Waals surface area contributed by atoms with Crippen molar-refractivity contribution in [2.45, 2.75) is 12.6 Å². The minimum absolute atomic E-state index is 0. The molecule has 4 nitrogen and oxygen atoms in total. The van der Waals surface area contributed by atoms with Gasteiger partial charge in [0.15, 0.2) is 0 Å². The van der Waals surface area contributed by atoms with Crippen LogP contribution in [0.25, 0.3) is 0 Å². The van der Waals surface area contributed by atoms with Gasteiger partial charge >= 0.3 is 6.18 Å². The molecule has 2 rings (SSSR count). The molecule has 1 aromatic rings. The van der Waals surface area contributed by atoms with Crippen LogP contribution in [0, 0.1) is 5.82 Å². The lowest BCUT2D eigenvalue weighted by atomic mass is 10.1. The molecule has 0 spiro atoms. The highest BCUT2D eigenvalue weighted by Gasteiger charge is 2.31. The van der Waals surface area contributed by atoms with E-state index in [2.05, 4.69) is 15.5 Å². The minimum Gasteiger partial charge on any atom is -0.352 e. The standard InChI is InChI=1S/C15H19F4N3O.ClH/c16-13-3-2-11(15(17,18)19)10-12(13)14(23)21-4-1-7-22-8-5-20-6-9-22;/h2-3,10,20H,1,4-9H2,(H,21,23);1H. The molecular weight excluding hydrogens is 350 g/mol. The highest BCUT2D eigenvalue weighted by atomic mass is 35.5. The Bertz CT molecular complexity index is 548. The SMILES string of the molecule is Cl.O=C(NCCCN1CCNCC1)c1cc(C(F)(F)F)ccc1F. The number of hydrogen-bond donors (Lipinski definition) is 2. The summed E-state index contributed by atoms with van der Waals surface area (Å²) in [6.07, 6.45) is -3.95. The lowest BCUT2D eigenvalue weighted by molar-refractivity contribution is -0.137. The average molecular weight is 370 g/mol. The third kappa shape index (κ3) is 5.92. The molecule has 2 N–H and O–H groups in total. The van der Waals surface area contributed by atoms with Crippen LogP contribution in [0.4, 0.5) is 17.6 Å². The summed E-state index contributed by atoms with van der Waals surface area (Å²) in [7, 11) is 0. The van der Waals surface area contributed by atoms with Gasteiger partial charge in [-0.3, -0.25) is 4.79 Å². The van der Waals surface area contributed by atoms with Crippen LogP contribution in [0.2, 0.25) is 0 Å². The average Bonchev–Trinajstić information content (AvgIpc) is 2.51. The fraction of sp³-hybridized carbons (Fsp3) is 0.533. The molecule has 0 radical (unpaired) electrons. The maximum Gasteiger partial charge on any atom is 0.416 e. The highest BCUT2D eigenvalue weighted by Crippen LogP contribution is 2.30. The molecule has 0 unspecified atom stereocenters. The van der Waals surface area contributed by atoms with Crippen molar-refractivity contribution in [2.75, 3.05) is 39.3 Å². The number of nitrogens with zero attached hydrogens (tertiary/aromatic N) is 1. The summed E-state index contributed by atoms with van der Waals surface area (Å²) in [6, 6.07) is 1.83. The molecule has 1 heterocycles. The van der Waals surface area contributed by atoms with Crippen molar-refractivity contribution in [3.05, 3.63) is 35.1 Å². The largest absolute Gasteiger partial charge is 0.416 e. The van der Waals surface area contributed by atoms with Crippen LogP contribution in [0.1, 0.15) is 22.3 Å². The van der Waals surface area contributed by atoms with E-state index in [9.17, 15) is 22.4 Å². The Morgan fingerprint density at radius 2 is 1.92 bits per heavy atom. The minimum atomic E-state index is -4.61. The predicted octanol–water partition coefficient (Wildman–Crippen LogP) is 2.29. The van der Waals surface area contributed by atoms with Crippen molar-refractivity contribution >= 4 is 18.3 Å². The number of benzene rings is 1. The molecule has 1 amide bonds. The van der Waals surface area contributed by atoms with Crippen LogP contribution < -0.4 is 10.6 Å². The van der Waals surface area contributed by atoms with Crippen molar-refractivity contribution in [3.8, 4) is 0 Å². The number of rotatable bonds is 5. The third-order valence-electron chi connectivity index (χ3n) is 3.68. The van der Waals surface area contributed by atoms with E-state index in [0.717, 1.165) is 32.7 Å². The monoisotopic (exact) mass is 369 g/mol. The first-order chi connectivity index (χ1) is 10.9. The first-order valence-electron chi connectivity index (χ1n) is 7.46. The second kappa shape index (κ2) is 9.19. The number of carbonyl (C=O) groups excluding carboxylic acids is 1. The van der Waals surface area contributed by atoms with E-state index >= 15 is 0 Å². The van der Waals surface area contributed by atoms with Gasteiger partial charge in [-0.15, -0.1) is 12.4 Å². The van der Waals surface area contributed by atoms with Crippen molar-refractivity contribution in [2.24, 2.45) is 0 Å². The molecule has 1 fully saturated rings. The van der Waals surface area contributed by atoms with E-state index in [0.29, 0.717) is 31.2 Å². The summed E-state index contributed by atoms with van der Waals surface area (Å²) < 4.78 is 51.4. The van der Waals surface area contributed by atoms with E-state index < -0.39 is 29.0 Å². The Hall–Kier alpha value is -1.38. The third-order valence-corrected chi connectivity index (χ3v) is 3.68. The first kappa shape index (κ1) is 20.7. The summed E-state index contributed by atoms with van der Waals surface area (Å²) in [5.41, 5.74) is -1.62. The molecule has 1 aliphatic rings. The van der Waals surface area contributed by atoms with Crippen molar-refractivity contribution < 1.29 is 22.4 Å². The van der Waals surface area contributed by atoms with Gasteiger partial charge in [-0.25, -0.2) is 4.39 Å². The fourth-order valence-electron chi connectivity index (χ4n) is 2.41. The second-order valence-corrected chi connectivity index (χ2v) is 5.39. The Kier molecular flexibility index (Phi) is 7.92. The maximum atomic E-state index is 13.6. The van der Waals surface area contributed by atoms with Gasteiger partial charge in [0.25, 0.3) is 5.91 Å². The zero-order chi connectivity index (χ0) is 16.9. The molecule has 1 saturated heterocycles. The van der Waals surface area contributed by atoms with Crippen LogP contribution in [0.3, 0.4) is 0 Å². The summed E-state index contributed by atoms with van der Waals surface area (Å²) in [5, 5.41) is 5.69. The molecule has 136 valence electrons. The zero-order valence-corrected chi connectivity index (χ0v) is 13.8. The number of piperazine rings is 1. The van der Waals surface area contributed by atoms with Crippen LogP contribution in [0.15, 0.2) is 18.2 Å². The van der Waals surface area contributed by atoms with Crippen molar-refractivity contribution in [3.63, 3.8) is 0 Å². The molecular formula is C15H20ClF4N3O. The topological polar surface area (TPSA) is 44.4 Å². The molecule has 0 bridgehead atoms. The summed E-state index contributed by atoms with van der Waals surface area (Å²) >= 11 is 0. The summed E-state index contributed by atoms with van der Waals surface area (Å²) in [6.45, 7) is 4.77. The van der Waals surface area contributed by atoms with Gasteiger partial charge in [0.1, 0.15) is 5.82 Å². The number of amides is 1. The lowest BCUT2D eigenvalue weighted by Gasteiger charge is -2.27. The predicted molar refractivity (Wildman–Crippen MR) is 84.9 cm³/mol. The normalized spacial score (nSPS) is 15.7. The Morgan fingerprint density at radius 1 is 1.25 bits per heavy atom. The maximum absolute atomic E-state index is 13.6. The van der Waals surface area contributed by atoms with Crippen LogP contribution >= 0.6 is 12.4 Å². The first-order valence-corrected chi connectivity index (χ1v) is 7.46. The fourth-order valence-corrected chi connectivity index (χ4v) is 2.41. The van der Waals surface area contributed by atoms with E-state index in [4.69, 9.17) is 0 Å². The van der Waals surface area contributed by atoms with Crippen LogP contribution in [0.5, 0.6) is 0 Å². The van der Waals surface area contributed by atoms with E-state index in [1.807, 2.05) is 0 Å². The van der Waals surface area contributed by atoms with E-state index in [-0.39, 0.29) is 12.4 Å². The molecule has 1 aromatic carbocycles. The molecule has 0 atom stereocenters. The van der Waals surface area contributed by atoms with Crippen molar-refractivity contribution in [1.29, 1.82) is 0 Å². The van der Waals surface area contributed by atoms with E-state index in [1.165, 1.54) is 0 Å². The number of halogens is 5. The van der Waals surface area contributed by atoms with Gasteiger partial charge in [-0.2, -0.15) is 13.2 Å². The quantitative estimate of drug-likeness (QED) is 0.618. The number of carbonyl (C=O) groups is 1. The Labute approximate surface area is 144 Å². The molecule has 0 aromatic heterocycles. The van der Waals surface area contributed by atoms with Gasteiger partial charge < -0.3 is 15.5 Å². The van der Waals surface area contributed by atoms with Gasteiger partial charge in [0, 0.05) is 32.7 Å². The van der Waals surface area contributed by atoms with Gasteiger partial charge in [-0.1, -0.05) is 0 Å². The second-order valence-electron chi connectivity index (χ2n) is 5.39. The van der Waals surface area contributed by atoms with Gasteiger partial charge in [-0.05, 0) is 31.2 Å². The number of nitrogens with one attached hydrogen (secondary N) is 2. The number of alkyl halides is 3. The molecule has 1 aliphatic heterocycles. The number of hydrogen-bond acceptors (Lipinski definition) is 3. The Morgan fingerprint density at radius 3 is 2.54 bits per heavy atom. The lowest BCUT2D eigenvalue weighted by Crippen LogP contribution is -2.44. The Balaban J connectivity index is 0.00000288. The van der Waals surface area contributed by atoms with Crippen molar-refractivity contribution in [1.82, 2.24) is 15.5 Å². The van der Waals surface area contributed by atoms with Crippen LogP contribution in [-0.4, -0.2) is 50.1 Å². The smallest absolute Gasteiger partial charge is 0.352 e. The molecule has 0 saturated carbocycles. The summed E-state index contributed by atoms with van der Waals surface area (Å²) in [5.74, 6) is -1.79. The van der Waals surface area contributed by atoms with E-state index in [1.54, 1.807) is 0 Å². The molecule has 0 aliphatic carbocycles. The summed E-state index contributed by atoms with van der Waals surface area (Å²) in [4.78, 5) is 14.1. The molecule has 9 heteroatoms.